The van der Waals surface area contributed by atoms with Crippen LogP contribution in [0.1, 0.15) is 46.1 Å². The van der Waals surface area contributed by atoms with Crippen molar-refractivity contribution in [2.24, 2.45) is 5.41 Å². The summed E-state index contributed by atoms with van der Waals surface area (Å²) in [4.78, 5) is 0. The van der Waals surface area contributed by atoms with Crippen LogP contribution >= 0.6 is 0 Å². The predicted molar refractivity (Wildman–Crippen MR) is 115 cm³/mol. The van der Waals surface area contributed by atoms with Crippen molar-refractivity contribution in [3.63, 3.8) is 0 Å². The van der Waals surface area contributed by atoms with E-state index < -0.39 is 0 Å². The summed E-state index contributed by atoms with van der Waals surface area (Å²) in [6, 6.07) is 13.7. The second-order valence-corrected chi connectivity index (χ2v) is 8.08. The average molecular weight is 403 g/mol. The lowest BCUT2D eigenvalue weighted by Gasteiger charge is -2.27. The SMILES string of the molecule is COc1ccc(OCCOC(C)Oc2ccc(C(C)C(C)(C)C)cc2)cc1OC. The number of methoxy groups -OCH3 is 2. The molecule has 5 nitrogen and oxygen atoms in total. The van der Waals surface area contributed by atoms with Crippen LogP contribution in [0.2, 0.25) is 0 Å². The third-order valence-corrected chi connectivity index (χ3v) is 5.04. The minimum absolute atomic E-state index is 0.229. The van der Waals surface area contributed by atoms with Crippen LogP contribution in [0.15, 0.2) is 42.5 Å². The van der Waals surface area contributed by atoms with E-state index in [0.717, 1.165) is 5.75 Å². The summed E-state index contributed by atoms with van der Waals surface area (Å²) in [5, 5.41) is 0. The molecule has 5 heteroatoms. The molecule has 0 aromatic heterocycles. The van der Waals surface area contributed by atoms with E-state index in [1.165, 1.54) is 5.56 Å². The maximum atomic E-state index is 5.84. The first-order valence-electron chi connectivity index (χ1n) is 9.97. The molecule has 0 saturated carbocycles. The summed E-state index contributed by atoms with van der Waals surface area (Å²) in [6.07, 6.45) is -0.366. The van der Waals surface area contributed by atoms with Crippen molar-refractivity contribution >= 4 is 0 Å². The quantitative estimate of drug-likeness (QED) is 0.378. The second kappa shape index (κ2) is 10.4. The number of hydrogen-bond donors (Lipinski definition) is 0. The molecule has 0 fully saturated rings. The maximum absolute atomic E-state index is 5.84. The van der Waals surface area contributed by atoms with E-state index in [1.807, 2.05) is 31.2 Å². The molecule has 0 amide bonds. The van der Waals surface area contributed by atoms with Crippen molar-refractivity contribution in [3.8, 4) is 23.0 Å². The number of rotatable bonds is 10. The standard InChI is InChI=1S/C24H34O5/c1-17(24(3,4)5)19-8-10-20(11-9-19)29-18(2)27-14-15-28-21-12-13-22(25-6)23(16-21)26-7/h8-13,16-18H,14-15H2,1-7H3. The van der Waals surface area contributed by atoms with Gasteiger partial charge in [-0.25, -0.2) is 0 Å². The van der Waals surface area contributed by atoms with E-state index in [4.69, 9.17) is 23.7 Å². The maximum Gasteiger partial charge on any atom is 0.197 e. The van der Waals surface area contributed by atoms with Gasteiger partial charge in [-0.3, -0.25) is 0 Å². The molecule has 160 valence electrons. The molecule has 29 heavy (non-hydrogen) atoms. The summed E-state index contributed by atoms with van der Waals surface area (Å²) in [6.45, 7) is 11.7. The molecule has 0 aliphatic carbocycles. The summed E-state index contributed by atoms with van der Waals surface area (Å²) >= 11 is 0. The van der Waals surface area contributed by atoms with E-state index in [0.29, 0.717) is 36.4 Å². The van der Waals surface area contributed by atoms with Crippen molar-refractivity contribution in [2.45, 2.75) is 46.8 Å². The first kappa shape index (κ1) is 22.9. The van der Waals surface area contributed by atoms with Crippen LogP contribution in [-0.4, -0.2) is 33.7 Å². The molecule has 2 atom stereocenters. The Morgan fingerprint density at radius 1 is 0.793 bits per heavy atom. The zero-order valence-electron chi connectivity index (χ0n) is 18.7. The van der Waals surface area contributed by atoms with E-state index >= 15 is 0 Å². The highest BCUT2D eigenvalue weighted by Crippen LogP contribution is 2.35. The molecule has 2 rings (SSSR count). The first-order valence-corrected chi connectivity index (χ1v) is 9.97. The van der Waals surface area contributed by atoms with Gasteiger partial charge in [0.25, 0.3) is 0 Å². The van der Waals surface area contributed by atoms with Crippen LogP contribution in [-0.2, 0) is 4.74 Å². The lowest BCUT2D eigenvalue weighted by Crippen LogP contribution is -2.20. The van der Waals surface area contributed by atoms with Gasteiger partial charge in [0.2, 0.25) is 0 Å². The Labute approximate surface area is 174 Å². The molecule has 2 aromatic rings. The van der Waals surface area contributed by atoms with Gasteiger partial charge in [0, 0.05) is 6.07 Å². The van der Waals surface area contributed by atoms with Crippen molar-refractivity contribution in [1.29, 1.82) is 0 Å². The molecule has 0 aliphatic rings. The monoisotopic (exact) mass is 402 g/mol. The molecule has 0 bridgehead atoms. The highest BCUT2D eigenvalue weighted by atomic mass is 16.7. The first-order chi connectivity index (χ1) is 13.7. The molecule has 0 spiro atoms. The van der Waals surface area contributed by atoms with Crippen LogP contribution < -0.4 is 18.9 Å². The Morgan fingerprint density at radius 2 is 1.41 bits per heavy atom. The van der Waals surface area contributed by atoms with E-state index in [1.54, 1.807) is 20.3 Å². The van der Waals surface area contributed by atoms with E-state index in [-0.39, 0.29) is 11.7 Å². The van der Waals surface area contributed by atoms with E-state index in [2.05, 4.69) is 39.8 Å². The van der Waals surface area contributed by atoms with Gasteiger partial charge < -0.3 is 23.7 Å². The molecule has 0 saturated heterocycles. The Hall–Kier alpha value is -2.40. The molecule has 0 aliphatic heterocycles. The van der Waals surface area contributed by atoms with Crippen molar-refractivity contribution in [3.05, 3.63) is 48.0 Å². The molecular weight excluding hydrogens is 368 g/mol. The largest absolute Gasteiger partial charge is 0.493 e. The van der Waals surface area contributed by atoms with Crippen molar-refractivity contribution in [2.75, 3.05) is 27.4 Å². The summed E-state index contributed by atoms with van der Waals surface area (Å²) in [7, 11) is 3.20. The third kappa shape index (κ3) is 6.86. The van der Waals surface area contributed by atoms with Crippen LogP contribution in [0, 0.1) is 5.41 Å². The van der Waals surface area contributed by atoms with Crippen molar-refractivity contribution < 1.29 is 23.7 Å². The lowest BCUT2D eigenvalue weighted by atomic mass is 9.78. The average Bonchev–Trinajstić information content (AvgIpc) is 2.70. The molecule has 0 radical (unpaired) electrons. The van der Waals surface area contributed by atoms with Gasteiger partial charge in [0.1, 0.15) is 18.1 Å². The second-order valence-electron chi connectivity index (χ2n) is 8.08. The summed E-state index contributed by atoms with van der Waals surface area (Å²) < 4.78 is 27.7. The number of hydrogen-bond acceptors (Lipinski definition) is 5. The van der Waals surface area contributed by atoms with Crippen LogP contribution in [0.4, 0.5) is 0 Å². The number of benzene rings is 2. The lowest BCUT2D eigenvalue weighted by molar-refractivity contribution is -0.0739. The van der Waals surface area contributed by atoms with Crippen molar-refractivity contribution in [1.82, 2.24) is 0 Å². The topological polar surface area (TPSA) is 46.2 Å². The normalized spacial score (nSPS) is 13.5. The molecular formula is C24H34O5. The zero-order chi connectivity index (χ0) is 21.4. The highest BCUT2D eigenvalue weighted by molar-refractivity contribution is 5.45. The molecule has 2 unspecified atom stereocenters. The van der Waals surface area contributed by atoms with Gasteiger partial charge in [-0.1, -0.05) is 39.8 Å². The van der Waals surface area contributed by atoms with Gasteiger partial charge in [-0.2, -0.15) is 0 Å². The number of ether oxygens (including phenoxy) is 5. The van der Waals surface area contributed by atoms with Gasteiger partial charge in [0.05, 0.1) is 20.8 Å². The van der Waals surface area contributed by atoms with Gasteiger partial charge >= 0.3 is 0 Å². The van der Waals surface area contributed by atoms with Crippen LogP contribution in [0.3, 0.4) is 0 Å². The fraction of sp³-hybridized carbons (Fsp3) is 0.500. The minimum Gasteiger partial charge on any atom is -0.493 e. The molecule has 0 N–H and O–H groups in total. The predicted octanol–water partition coefficient (Wildman–Crippen LogP) is 5.67. The van der Waals surface area contributed by atoms with Gasteiger partial charge in [0.15, 0.2) is 17.8 Å². The van der Waals surface area contributed by atoms with Crippen LogP contribution in [0.5, 0.6) is 23.0 Å². The summed E-state index contributed by atoms with van der Waals surface area (Å²) in [5.41, 5.74) is 1.54. The fourth-order valence-electron chi connectivity index (χ4n) is 2.84. The van der Waals surface area contributed by atoms with Gasteiger partial charge in [-0.15, -0.1) is 0 Å². The Kier molecular flexibility index (Phi) is 8.21. The summed E-state index contributed by atoms with van der Waals surface area (Å²) in [5.74, 6) is 3.26. The minimum atomic E-state index is -0.366. The zero-order valence-corrected chi connectivity index (χ0v) is 18.7. The Balaban J connectivity index is 1.77. The highest BCUT2D eigenvalue weighted by Gasteiger charge is 2.21. The molecule has 0 heterocycles. The van der Waals surface area contributed by atoms with Gasteiger partial charge in [-0.05, 0) is 48.1 Å². The Bertz CT molecular complexity index is 749. The Morgan fingerprint density at radius 3 is 2.00 bits per heavy atom. The van der Waals surface area contributed by atoms with Crippen LogP contribution in [0.25, 0.3) is 0 Å². The fourth-order valence-corrected chi connectivity index (χ4v) is 2.84. The molecule has 2 aromatic carbocycles. The van der Waals surface area contributed by atoms with E-state index in [9.17, 15) is 0 Å². The third-order valence-electron chi connectivity index (χ3n) is 5.04. The smallest absolute Gasteiger partial charge is 0.197 e.